The predicted molar refractivity (Wildman–Crippen MR) is 84.1 cm³/mol. The van der Waals surface area contributed by atoms with Crippen molar-refractivity contribution in [3.63, 3.8) is 0 Å². The number of carbonyl (C=O) groups is 2. The van der Waals surface area contributed by atoms with E-state index in [9.17, 15) is 9.59 Å². The van der Waals surface area contributed by atoms with E-state index in [1.807, 2.05) is 53.9 Å². The highest BCUT2D eigenvalue weighted by molar-refractivity contribution is 7.99. The average Bonchev–Trinajstić information content (AvgIpc) is 3.00. The van der Waals surface area contributed by atoms with Gasteiger partial charge in [0.1, 0.15) is 12.1 Å². The Labute approximate surface area is 129 Å². The summed E-state index contributed by atoms with van der Waals surface area (Å²) in [6.45, 7) is 1.83. The van der Waals surface area contributed by atoms with Crippen molar-refractivity contribution < 1.29 is 9.59 Å². The number of nitrogens with zero attached hydrogens (tertiary/aromatic N) is 1. The van der Waals surface area contributed by atoms with Crippen LogP contribution in [0.1, 0.15) is 18.9 Å². The molecule has 4 nitrogen and oxygen atoms in total. The molecule has 3 rings (SSSR count). The van der Waals surface area contributed by atoms with E-state index in [1.165, 1.54) is 0 Å². The lowest BCUT2D eigenvalue weighted by atomic mass is 9.99. The molecule has 1 N–H and O–H groups in total. The van der Waals surface area contributed by atoms with Crippen molar-refractivity contribution in [1.82, 2.24) is 10.2 Å². The van der Waals surface area contributed by atoms with E-state index < -0.39 is 6.04 Å². The Morgan fingerprint density at radius 3 is 2.71 bits per heavy atom. The standard InChI is InChI=1S/C16H20N2O2S/c1-11-15(19)17-14(9-12-5-3-2-4-6-12)16(20)18(11)13-7-8-21-10-13/h2-6,11,13-14H,7-10H2,1H3,(H,17,19). The summed E-state index contributed by atoms with van der Waals surface area (Å²) in [6.07, 6.45) is 1.56. The van der Waals surface area contributed by atoms with Gasteiger partial charge in [-0.25, -0.2) is 0 Å². The molecule has 0 saturated carbocycles. The van der Waals surface area contributed by atoms with E-state index in [1.54, 1.807) is 0 Å². The monoisotopic (exact) mass is 304 g/mol. The first kappa shape index (κ1) is 14.4. The Morgan fingerprint density at radius 2 is 2.05 bits per heavy atom. The third-order valence-electron chi connectivity index (χ3n) is 4.25. The Morgan fingerprint density at radius 1 is 1.29 bits per heavy atom. The van der Waals surface area contributed by atoms with Gasteiger partial charge in [0.15, 0.2) is 0 Å². The summed E-state index contributed by atoms with van der Waals surface area (Å²) in [6, 6.07) is 9.28. The molecule has 0 spiro atoms. The number of amides is 2. The maximum atomic E-state index is 12.8. The number of nitrogens with one attached hydrogen (secondary N) is 1. The quantitative estimate of drug-likeness (QED) is 0.919. The Balaban J connectivity index is 1.78. The summed E-state index contributed by atoms with van der Waals surface area (Å²) in [5.74, 6) is 2.05. The fourth-order valence-electron chi connectivity index (χ4n) is 3.08. The SMILES string of the molecule is CC1C(=O)NC(Cc2ccccc2)C(=O)N1C1CCSC1. The van der Waals surface area contributed by atoms with Gasteiger partial charge in [-0.15, -0.1) is 0 Å². The van der Waals surface area contributed by atoms with Crippen molar-refractivity contribution in [2.75, 3.05) is 11.5 Å². The summed E-state index contributed by atoms with van der Waals surface area (Å²) < 4.78 is 0. The highest BCUT2D eigenvalue weighted by atomic mass is 32.2. The van der Waals surface area contributed by atoms with Gasteiger partial charge in [0.05, 0.1) is 0 Å². The van der Waals surface area contributed by atoms with Gasteiger partial charge in [-0.1, -0.05) is 30.3 Å². The molecule has 21 heavy (non-hydrogen) atoms. The van der Waals surface area contributed by atoms with E-state index >= 15 is 0 Å². The first-order valence-electron chi connectivity index (χ1n) is 7.41. The molecule has 0 bridgehead atoms. The Bertz CT molecular complexity index is 528. The number of thioether (sulfide) groups is 1. The highest BCUT2D eigenvalue weighted by Crippen LogP contribution is 2.26. The fraction of sp³-hybridized carbons (Fsp3) is 0.500. The van der Waals surface area contributed by atoms with Crippen molar-refractivity contribution in [1.29, 1.82) is 0 Å². The summed E-state index contributed by atoms with van der Waals surface area (Å²) >= 11 is 1.86. The van der Waals surface area contributed by atoms with Crippen molar-refractivity contribution in [2.45, 2.75) is 37.9 Å². The van der Waals surface area contributed by atoms with E-state index in [2.05, 4.69) is 5.32 Å². The summed E-state index contributed by atoms with van der Waals surface area (Å²) in [7, 11) is 0. The van der Waals surface area contributed by atoms with Gasteiger partial charge in [-0.2, -0.15) is 11.8 Å². The third kappa shape index (κ3) is 2.93. The Hall–Kier alpha value is -1.49. The molecule has 2 fully saturated rings. The molecule has 3 atom stereocenters. The molecule has 2 aliphatic heterocycles. The smallest absolute Gasteiger partial charge is 0.246 e. The minimum Gasteiger partial charge on any atom is -0.342 e. The highest BCUT2D eigenvalue weighted by Gasteiger charge is 2.42. The van der Waals surface area contributed by atoms with E-state index in [-0.39, 0.29) is 23.9 Å². The van der Waals surface area contributed by atoms with Crippen LogP contribution in [-0.4, -0.2) is 46.3 Å². The second kappa shape index (κ2) is 6.10. The lowest BCUT2D eigenvalue weighted by Crippen LogP contribution is -2.65. The van der Waals surface area contributed by atoms with Crippen LogP contribution < -0.4 is 5.32 Å². The van der Waals surface area contributed by atoms with Gasteiger partial charge < -0.3 is 10.2 Å². The van der Waals surface area contributed by atoms with Crippen molar-refractivity contribution in [3.8, 4) is 0 Å². The number of piperazine rings is 1. The third-order valence-corrected chi connectivity index (χ3v) is 5.39. The molecule has 2 amide bonds. The van der Waals surface area contributed by atoms with Gasteiger partial charge in [-0.3, -0.25) is 9.59 Å². The molecule has 112 valence electrons. The van der Waals surface area contributed by atoms with Crippen LogP contribution in [0.25, 0.3) is 0 Å². The minimum absolute atomic E-state index is 0.0348. The number of benzene rings is 1. The molecule has 5 heteroatoms. The second-order valence-electron chi connectivity index (χ2n) is 5.69. The number of hydrogen-bond acceptors (Lipinski definition) is 3. The van der Waals surface area contributed by atoms with Crippen LogP contribution in [0, 0.1) is 0 Å². The fourth-order valence-corrected chi connectivity index (χ4v) is 4.28. The molecule has 0 radical (unpaired) electrons. The van der Waals surface area contributed by atoms with Crippen LogP contribution >= 0.6 is 11.8 Å². The normalized spacial score (nSPS) is 29.6. The first-order chi connectivity index (χ1) is 10.2. The second-order valence-corrected chi connectivity index (χ2v) is 6.84. The van der Waals surface area contributed by atoms with E-state index in [0.717, 1.165) is 23.5 Å². The van der Waals surface area contributed by atoms with Gasteiger partial charge in [0.2, 0.25) is 11.8 Å². The molecule has 2 saturated heterocycles. The summed E-state index contributed by atoms with van der Waals surface area (Å²) in [4.78, 5) is 26.8. The molecular weight excluding hydrogens is 284 g/mol. The zero-order valence-corrected chi connectivity index (χ0v) is 12.9. The topological polar surface area (TPSA) is 49.4 Å². The molecule has 0 aliphatic carbocycles. The summed E-state index contributed by atoms with van der Waals surface area (Å²) in [5, 5.41) is 2.88. The first-order valence-corrected chi connectivity index (χ1v) is 8.56. The number of rotatable bonds is 3. The lowest BCUT2D eigenvalue weighted by Gasteiger charge is -2.40. The maximum absolute atomic E-state index is 12.8. The maximum Gasteiger partial charge on any atom is 0.246 e. The number of carbonyl (C=O) groups excluding carboxylic acids is 2. The lowest BCUT2D eigenvalue weighted by molar-refractivity contribution is -0.150. The van der Waals surface area contributed by atoms with Crippen LogP contribution in [0.4, 0.5) is 0 Å². The van der Waals surface area contributed by atoms with Gasteiger partial charge in [0.25, 0.3) is 0 Å². The molecule has 1 aromatic carbocycles. The zero-order valence-electron chi connectivity index (χ0n) is 12.1. The van der Waals surface area contributed by atoms with E-state index in [4.69, 9.17) is 0 Å². The Kier molecular flexibility index (Phi) is 4.19. The van der Waals surface area contributed by atoms with Crippen molar-refractivity contribution >= 4 is 23.6 Å². The minimum atomic E-state index is -0.429. The van der Waals surface area contributed by atoms with Crippen LogP contribution in [0.15, 0.2) is 30.3 Å². The van der Waals surface area contributed by atoms with Gasteiger partial charge in [0, 0.05) is 18.2 Å². The molecule has 1 aromatic rings. The molecule has 3 unspecified atom stereocenters. The van der Waals surface area contributed by atoms with Crippen molar-refractivity contribution in [3.05, 3.63) is 35.9 Å². The van der Waals surface area contributed by atoms with E-state index in [0.29, 0.717) is 6.42 Å². The van der Waals surface area contributed by atoms with Gasteiger partial charge in [-0.05, 0) is 24.7 Å². The largest absolute Gasteiger partial charge is 0.342 e. The molecule has 2 heterocycles. The van der Waals surface area contributed by atoms with Crippen LogP contribution in [-0.2, 0) is 16.0 Å². The molecule has 0 aromatic heterocycles. The predicted octanol–water partition coefficient (Wildman–Crippen LogP) is 1.45. The van der Waals surface area contributed by atoms with Crippen LogP contribution in [0.3, 0.4) is 0 Å². The van der Waals surface area contributed by atoms with Crippen LogP contribution in [0.5, 0.6) is 0 Å². The zero-order chi connectivity index (χ0) is 14.8. The van der Waals surface area contributed by atoms with Gasteiger partial charge >= 0.3 is 0 Å². The summed E-state index contributed by atoms with van der Waals surface area (Å²) in [5.41, 5.74) is 1.08. The molecular formula is C16H20N2O2S. The number of hydrogen-bond donors (Lipinski definition) is 1. The van der Waals surface area contributed by atoms with Crippen molar-refractivity contribution in [2.24, 2.45) is 0 Å². The van der Waals surface area contributed by atoms with Crippen LogP contribution in [0.2, 0.25) is 0 Å². The molecule has 2 aliphatic rings. The average molecular weight is 304 g/mol.